The molecule has 5 nitrogen and oxygen atoms in total. The number of halogens is 4. The summed E-state index contributed by atoms with van der Waals surface area (Å²) in [5.41, 5.74) is 1.51. The molecule has 3 aromatic rings. The number of alkyl halides is 3. The quantitative estimate of drug-likeness (QED) is 0.338. The smallest absolute Gasteiger partial charge is 0.416 e. The Balaban J connectivity index is 1.58. The van der Waals surface area contributed by atoms with Gasteiger partial charge in [0.2, 0.25) is 0 Å². The summed E-state index contributed by atoms with van der Waals surface area (Å²) in [5.74, 6) is 0. The Labute approximate surface area is 221 Å². The number of carbonyl (C=O) groups is 1. The molecule has 1 heterocycles. The molecule has 0 unspecified atom stereocenters. The minimum absolute atomic E-state index is 0.0361. The predicted molar refractivity (Wildman–Crippen MR) is 136 cm³/mol. The van der Waals surface area contributed by atoms with Crippen LogP contribution in [0.4, 0.5) is 18.0 Å². The molecule has 1 aliphatic rings. The number of amides is 1. The van der Waals surface area contributed by atoms with Gasteiger partial charge in [-0.05, 0) is 77.6 Å². The van der Waals surface area contributed by atoms with Crippen LogP contribution in [0.25, 0.3) is 11.1 Å². The molecule has 0 radical (unpaired) electrons. The highest BCUT2D eigenvalue weighted by Crippen LogP contribution is 2.38. The summed E-state index contributed by atoms with van der Waals surface area (Å²) in [6, 6.07) is 20.0. The number of hydrogen-bond donors (Lipinski definition) is 1. The van der Waals surface area contributed by atoms with Gasteiger partial charge in [-0.25, -0.2) is 4.79 Å². The van der Waals surface area contributed by atoms with Crippen molar-refractivity contribution in [2.24, 2.45) is 0 Å². The zero-order valence-corrected chi connectivity index (χ0v) is 21.3. The van der Waals surface area contributed by atoms with Crippen LogP contribution in [0.3, 0.4) is 0 Å². The third-order valence-electron chi connectivity index (χ3n) is 6.74. The summed E-state index contributed by atoms with van der Waals surface area (Å²) in [6.07, 6.45) is -4.43. The van der Waals surface area contributed by atoms with Crippen molar-refractivity contribution in [3.63, 3.8) is 0 Å². The molecule has 192 valence electrons. The lowest BCUT2D eigenvalue weighted by atomic mass is 9.73. The first kappa shape index (κ1) is 26.7. The Morgan fingerprint density at radius 3 is 2.35 bits per heavy atom. The van der Waals surface area contributed by atoms with Crippen molar-refractivity contribution < 1.29 is 27.8 Å². The molecule has 1 fully saturated rings. The zero-order chi connectivity index (χ0) is 26.6. The molecule has 1 amide bonds. The van der Waals surface area contributed by atoms with Gasteiger partial charge in [0.1, 0.15) is 0 Å². The fraction of sp³-hybridized carbons (Fsp3) is 0.286. The van der Waals surface area contributed by atoms with Gasteiger partial charge in [-0.3, -0.25) is 0 Å². The molecule has 0 aromatic heterocycles. The normalized spacial score (nSPS) is 15.3. The molecule has 0 aliphatic carbocycles. The molecule has 1 aliphatic heterocycles. The van der Waals surface area contributed by atoms with E-state index < -0.39 is 23.2 Å². The highest BCUT2D eigenvalue weighted by molar-refractivity contribution is 9.10. The molecular weight excluding hydrogens is 549 g/mol. The summed E-state index contributed by atoms with van der Waals surface area (Å²) in [4.78, 5) is 12.8. The predicted octanol–water partition coefficient (Wildman–Crippen LogP) is 7.23. The summed E-state index contributed by atoms with van der Waals surface area (Å²) >= 11 is 3.49. The van der Waals surface area contributed by atoms with Gasteiger partial charge < -0.3 is 14.7 Å². The lowest BCUT2D eigenvalue weighted by molar-refractivity contribution is -0.137. The van der Waals surface area contributed by atoms with E-state index in [1.165, 1.54) is 4.90 Å². The van der Waals surface area contributed by atoms with Crippen molar-refractivity contribution in [1.82, 2.24) is 4.90 Å². The highest BCUT2D eigenvalue weighted by atomic mass is 79.9. The molecule has 0 spiro atoms. The van der Waals surface area contributed by atoms with Crippen molar-refractivity contribution >= 4 is 22.0 Å². The SMILES string of the molecule is N#Cc1ccc(-c2cc(COCC3(c4cccc(Br)c4)CCN(C(=O)O)CC3)cc(C(F)(F)F)c2)cc1. The van der Waals surface area contributed by atoms with E-state index in [1.807, 2.05) is 30.3 Å². The van der Waals surface area contributed by atoms with Crippen molar-refractivity contribution in [3.8, 4) is 17.2 Å². The number of hydrogen-bond acceptors (Lipinski definition) is 3. The van der Waals surface area contributed by atoms with Crippen LogP contribution in [0.15, 0.2) is 71.2 Å². The van der Waals surface area contributed by atoms with E-state index in [-0.39, 0.29) is 13.2 Å². The molecule has 9 heteroatoms. The first-order chi connectivity index (χ1) is 17.6. The van der Waals surface area contributed by atoms with Crippen molar-refractivity contribution in [1.29, 1.82) is 5.26 Å². The standard InChI is InChI=1S/C28H24BrF3N2O3/c29-25-3-1-2-23(15-25)27(8-10-34(11-9-27)26(35)36)18-37-17-20-12-22(14-24(13-20)28(30,31)32)21-6-4-19(16-33)5-7-21/h1-7,12-15H,8-11,17-18H2,(H,35,36). The van der Waals surface area contributed by atoms with E-state index >= 15 is 0 Å². The Bertz CT molecular complexity index is 1310. The minimum atomic E-state index is -4.53. The van der Waals surface area contributed by atoms with E-state index in [9.17, 15) is 23.1 Å². The Hall–Kier alpha value is -3.35. The number of piperidine rings is 1. The van der Waals surface area contributed by atoms with Crippen LogP contribution in [-0.2, 0) is 22.9 Å². The summed E-state index contributed by atoms with van der Waals surface area (Å²) in [7, 11) is 0. The third-order valence-corrected chi connectivity index (χ3v) is 7.24. The van der Waals surface area contributed by atoms with Crippen LogP contribution in [0.5, 0.6) is 0 Å². The fourth-order valence-electron chi connectivity index (χ4n) is 4.67. The van der Waals surface area contributed by atoms with Gasteiger partial charge in [-0.15, -0.1) is 0 Å². The van der Waals surface area contributed by atoms with Crippen molar-refractivity contribution in [2.75, 3.05) is 19.7 Å². The molecule has 4 rings (SSSR count). The van der Waals surface area contributed by atoms with Gasteiger partial charge in [-0.1, -0.05) is 40.2 Å². The molecule has 3 aromatic carbocycles. The number of nitriles is 1. The second-order valence-corrected chi connectivity index (χ2v) is 10.1. The molecular formula is C28H24BrF3N2O3. The number of likely N-dealkylation sites (tertiary alicyclic amines) is 1. The monoisotopic (exact) mass is 572 g/mol. The largest absolute Gasteiger partial charge is 0.465 e. The second-order valence-electron chi connectivity index (χ2n) is 9.16. The van der Waals surface area contributed by atoms with Crippen LogP contribution in [0.1, 0.15) is 35.1 Å². The average molecular weight is 573 g/mol. The molecule has 0 saturated carbocycles. The number of carboxylic acid groups (broad SMARTS) is 1. The zero-order valence-electron chi connectivity index (χ0n) is 19.8. The first-order valence-corrected chi connectivity index (χ1v) is 12.4. The summed E-state index contributed by atoms with van der Waals surface area (Å²) in [5, 5.41) is 18.4. The first-order valence-electron chi connectivity index (χ1n) is 11.6. The molecule has 0 bridgehead atoms. The van der Waals surface area contributed by atoms with Crippen molar-refractivity contribution in [3.05, 3.63) is 93.5 Å². The molecule has 0 atom stereocenters. The van der Waals surface area contributed by atoms with Crippen LogP contribution < -0.4 is 0 Å². The van der Waals surface area contributed by atoms with Crippen LogP contribution >= 0.6 is 15.9 Å². The van der Waals surface area contributed by atoms with Crippen LogP contribution in [0, 0.1) is 11.3 Å². The van der Waals surface area contributed by atoms with Crippen LogP contribution in [0.2, 0.25) is 0 Å². The van der Waals surface area contributed by atoms with E-state index in [0.29, 0.717) is 48.2 Å². The topological polar surface area (TPSA) is 73.6 Å². The Kier molecular flexibility index (Phi) is 7.90. The van der Waals surface area contributed by atoms with Gasteiger partial charge >= 0.3 is 12.3 Å². The highest BCUT2D eigenvalue weighted by Gasteiger charge is 2.38. The van der Waals surface area contributed by atoms with Gasteiger partial charge in [0.15, 0.2) is 0 Å². The maximum absolute atomic E-state index is 13.7. The minimum Gasteiger partial charge on any atom is -0.465 e. The van der Waals surface area contributed by atoms with E-state index in [2.05, 4.69) is 15.9 Å². The fourth-order valence-corrected chi connectivity index (χ4v) is 5.07. The van der Waals surface area contributed by atoms with Crippen LogP contribution in [-0.4, -0.2) is 35.8 Å². The van der Waals surface area contributed by atoms with E-state index in [1.54, 1.807) is 30.3 Å². The van der Waals surface area contributed by atoms with E-state index in [4.69, 9.17) is 10.00 Å². The molecule has 1 saturated heterocycles. The van der Waals surface area contributed by atoms with Gasteiger partial charge in [0.25, 0.3) is 0 Å². The second kappa shape index (κ2) is 11.0. The van der Waals surface area contributed by atoms with Gasteiger partial charge in [0.05, 0.1) is 30.4 Å². The number of rotatable bonds is 6. The average Bonchev–Trinajstić information content (AvgIpc) is 2.88. The van der Waals surface area contributed by atoms with Crippen molar-refractivity contribution in [2.45, 2.75) is 31.0 Å². The summed E-state index contributed by atoms with van der Waals surface area (Å²) < 4.78 is 48.0. The lowest BCUT2D eigenvalue weighted by Crippen LogP contribution is -2.47. The molecule has 37 heavy (non-hydrogen) atoms. The van der Waals surface area contributed by atoms with Gasteiger partial charge in [0, 0.05) is 23.0 Å². The third kappa shape index (κ3) is 6.32. The Morgan fingerprint density at radius 1 is 1.05 bits per heavy atom. The number of benzene rings is 3. The van der Waals surface area contributed by atoms with Gasteiger partial charge in [-0.2, -0.15) is 18.4 Å². The maximum atomic E-state index is 13.7. The number of ether oxygens (including phenoxy) is 1. The van der Waals surface area contributed by atoms with E-state index in [0.717, 1.165) is 22.2 Å². The lowest BCUT2D eigenvalue weighted by Gasteiger charge is -2.41. The number of nitrogens with zero attached hydrogens (tertiary/aromatic N) is 2. The molecule has 1 N–H and O–H groups in total. The Morgan fingerprint density at radius 2 is 1.76 bits per heavy atom. The summed E-state index contributed by atoms with van der Waals surface area (Å²) in [6.45, 7) is 0.889. The maximum Gasteiger partial charge on any atom is 0.416 e.